The van der Waals surface area contributed by atoms with Gasteiger partial charge in [0.05, 0.1) is 16.5 Å². The highest BCUT2D eigenvalue weighted by Crippen LogP contribution is 2.33. The average Bonchev–Trinajstić information content (AvgIpc) is 2.62. The van der Waals surface area contributed by atoms with Gasteiger partial charge in [0.15, 0.2) is 0 Å². The topological polar surface area (TPSA) is 66.5 Å². The van der Waals surface area contributed by atoms with Crippen molar-refractivity contribution in [3.8, 4) is 0 Å². The zero-order valence-electron chi connectivity index (χ0n) is 15.6. The van der Waals surface area contributed by atoms with Crippen molar-refractivity contribution in [2.75, 3.05) is 7.05 Å². The number of amides is 1. The van der Waals surface area contributed by atoms with Gasteiger partial charge in [-0.2, -0.15) is 17.9 Å². The van der Waals surface area contributed by atoms with Gasteiger partial charge in [-0.25, -0.2) is 8.42 Å². The minimum atomic E-state index is -4.83. The minimum absolute atomic E-state index is 0.247. The van der Waals surface area contributed by atoms with Crippen LogP contribution in [0.1, 0.15) is 23.6 Å². The van der Waals surface area contributed by atoms with Gasteiger partial charge in [0.1, 0.15) is 0 Å². The number of hydrogen-bond donors (Lipinski definition) is 1. The molecule has 0 fully saturated rings. The van der Waals surface area contributed by atoms with Crippen molar-refractivity contribution in [2.45, 2.75) is 37.5 Å². The Morgan fingerprint density at radius 2 is 1.68 bits per heavy atom. The number of nitrogens with one attached hydrogen (secondary N) is 1. The van der Waals surface area contributed by atoms with Crippen LogP contribution < -0.4 is 4.72 Å². The van der Waals surface area contributed by atoms with Crippen molar-refractivity contribution in [3.05, 3.63) is 65.2 Å². The lowest BCUT2D eigenvalue weighted by Crippen LogP contribution is -2.45. The number of halogens is 3. The van der Waals surface area contributed by atoms with Crippen LogP contribution in [-0.2, 0) is 27.5 Å². The molecule has 0 saturated heterocycles. The lowest BCUT2D eigenvalue weighted by Gasteiger charge is -2.23. The van der Waals surface area contributed by atoms with Crippen LogP contribution in [0.3, 0.4) is 0 Å². The number of sulfonamides is 1. The first-order valence-corrected chi connectivity index (χ1v) is 9.90. The van der Waals surface area contributed by atoms with E-state index in [4.69, 9.17) is 0 Å². The largest absolute Gasteiger partial charge is 0.417 e. The molecule has 0 unspecified atom stereocenters. The summed E-state index contributed by atoms with van der Waals surface area (Å²) in [7, 11) is -3.05. The highest BCUT2D eigenvalue weighted by Gasteiger charge is 2.37. The standard InChI is InChI=1S/C19H21F3N2O3S/c1-13-8-4-5-9-15(13)12-24(3)18(25)14(2)23-28(26,27)17-11-7-6-10-16(17)19(20,21)22/h4-11,14,23H,12H2,1-3H3/t14-/m0/s1. The number of benzene rings is 2. The third-order valence-corrected chi connectivity index (χ3v) is 5.83. The smallest absolute Gasteiger partial charge is 0.340 e. The maximum atomic E-state index is 13.1. The van der Waals surface area contributed by atoms with Gasteiger partial charge in [-0.3, -0.25) is 4.79 Å². The third kappa shape index (κ3) is 5.11. The van der Waals surface area contributed by atoms with E-state index in [1.807, 2.05) is 35.9 Å². The van der Waals surface area contributed by atoms with Crippen LogP contribution in [0.2, 0.25) is 0 Å². The predicted octanol–water partition coefficient (Wildman–Crippen LogP) is 3.34. The fourth-order valence-corrected chi connectivity index (χ4v) is 4.16. The zero-order valence-corrected chi connectivity index (χ0v) is 16.4. The molecule has 2 rings (SSSR count). The van der Waals surface area contributed by atoms with Crippen molar-refractivity contribution < 1.29 is 26.4 Å². The number of rotatable bonds is 6. The first-order chi connectivity index (χ1) is 12.9. The molecule has 0 aliphatic carbocycles. The van der Waals surface area contributed by atoms with E-state index in [0.29, 0.717) is 6.07 Å². The van der Waals surface area contributed by atoms with Crippen molar-refractivity contribution >= 4 is 15.9 Å². The molecule has 0 radical (unpaired) electrons. The van der Waals surface area contributed by atoms with E-state index in [0.717, 1.165) is 23.3 Å². The van der Waals surface area contributed by atoms with Crippen LogP contribution >= 0.6 is 0 Å². The average molecular weight is 414 g/mol. The summed E-state index contributed by atoms with van der Waals surface area (Å²) in [6.07, 6.45) is -4.83. The third-order valence-electron chi connectivity index (χ3n) is 4.23. The number of aryl methyl sites for hydroxylation is 1. The lowest BCUT2D eigenvalue weighted by atomic mass is 10.1. The summed E-state index contributed by atoms with van der Waals surface area (Å²) >= 11 is 0. The second-order valence-electron chi connectivity index (χ2n) is 6.46. The molecule has 152 valence electrons. The molecule has 0 aromatic heterocycles. The van der Waals surface area contributed by atoms with E-state index < -0.39 is 38.6 Å². The maximum Gasteiger partial charge on any atom is 0.417 e. The molecule has 28 heavy (non-hydrogen) atoms. The van der Waals surface area contributed by atoms with Crippen LogP contribution in [-0.4, -0.2) is 32.3 Å². The zero-order chi connectivity index (χ0) is 21.1. The lowest BCUT2D eigenvalue weighted by molar-refractivity contribution is -0.139. The van der Waals surface area contributed by atoms with Gasteiger partial charge in [0, 0.05) is 13.6 Å². The van der Waals surface area contributed by atoms with Gasteiger partial charge in [0.25, 0.3) is 0 Å². The van der Waals surface area contributed by atoms with Crippen molar-refractivity contribution in [1.29, 1.82) is 0 Å². The summed E-state index contributed by atoms with van der Waals surface area (Å²) in [6.45, 7) is 3.43. The molecule has 0 bridgehead atoms. The molecule has 0 aliphatic heterocycles. The molecular formula is C19H21F3N2O3S. The number of nitrogens with zero attached hydrogens (tertiary/aromatic N) is 1. The molecule has 1 atom stereocenters. The Hall–Kier alpha value is -2.39. The number of likely N-dealkylation sites (N-methyl/N-ethyl adjacent to an activating group) is 1. The van der Waals surface area contributed by atoms with Crippen LogP contribution in [0.5, 0.6) is 0 Å². The van der Waals surface area contributed by atoms with E-state index in [9.17, 15) is 26.4 Å². The molecule has 0 spiro atoms. The van der Waals surface area contributed by atoms with Gasteiger partial charge in [-0.15, -0.1) is 0 Å². The van der Waals surface area contributed by atoms with Gasteiger partial charge < -0.3 is 4.90 Å². The minimum Gasteiger partial charge on any atom is -0.340 e. The summed E-state index contributed by atoms with van der Waals surface area (Å²) in [5.74, 6) is -0.559. The van der Waals surface area contributed by atoms with Crippen LogP contribution in [0.25, 0.3) is 0 Å². The number of hydrogen-bond acceptors (Lipinski definition) is 3. The second kappa shape index (κ2) is 8.32. The molecule has 5 nitrogen and oxygen atoms in total. The Morgan fingerprint density at radius 3 is 2.29 bits per heavy atom. The summed E-state index contributed by atoms with van der Waals surface area (Å²) in [5.41, 5.74) is 0.570. The van der Waals surface area contributed by atoms with E-state index >= 15 is 0 Å². The summed E-state index contributed by atoms with van der Waals surface area (Å²) < 4.78 is 66.3. The van der Waals surface area contributed by atoms with Crippen LogP contribution in [0, 0.1) is 6.92 Å². The predicted molar refractivity (Wildman–Crippen MR) is 98.9 cm³/mol. The summed E-state index contributed by atoms with van der Waals surface area (Å²) in [4.78, 5) is 12.9. The SMILES string of the molecule is Cc1ccccc1CN(C)C(=O)[C@H](C)NS(=O)(=O)c1ccccc1C(F)(F)F. The molecule has 1 N–H and O–H groups in total. The van der Waals surface area contributed by atoms with Crippen molar-refractivity contribution in [2.24, 2.45) is 0 Å². The van der Waals surface area contributed by atoms with Crippen LogP contribution in [0.4, 0.5) is 13.2 Å². The molecular weight excluding hydrogens is 393 g/mol. The maximum absolute atomic E-state index is 13.1. The highest BCUT2D eigenvalue weighted by atomic mass is 32.2. The van der Waals surface area contributed by atoms with E-state index in [1.165, 1.54) is 24.9 Å². The van der Waals surface area contributed by atoms with Gasteiger partial charge in [0.2, 0.25) is 15.9 Å². The fraction of sp³-hybridized carbons (Fsp3) is 0.316. The summed E-state index contributed by atoms with van der Waals surface area (Å²) in [6, 6.07) is 10.0. The monoisotopic (exact) mass is 414 g/mol. The van der Waals surface area contributed by atoms with E-state index in [1.54, 1.807) is 0 Å². The summed E-state index contributed by atoms with van der Waals surface area (Å²) in [5, 5.41) is 0. The number of carbonyl (C=O) groups is 1. The number of alkyl halides is 3. The molecule has 2 aromatic rings. The Morgan fingerprint density at radius 1 is 1.11 bits per heavy atom. The van der Waals surface area contributed by atoms with Crippen molar-refractivity contribution in [3.63, 3.8) is 0 Å². The molecule has 1 amide bonds. The van der Waals surface area contributed by atoms with Gasteiger partial charge in [-0.1, -0.05) is 36.4 Å². The highest BCUT2D eigenvalue weighted by molar-refractivity contribution is 7.89. The molecule has 0 heterocycles. The quantitative estimate of drug-likeness (QED) is 0.789. The Labute approximate surface area is 162 Å². The van der Waals surface area contributed by atoms with Crippen molar-refractivity contribution in [1.82, 2.24) is 9.62 Å². The fourth-order valence-electron chi connectivity index (χ4n) is 2.73. The molecule has 9 heteroatoms. The Kier molecular flexibility index (Phi) is 6.51. The molecule has 0 aliphatic rings. The molecule has 0 saturated carbocycles. The first-order valence-electron chi connectivity index (χ1n) is 8.41. The first kappa shape index (κ1) is 21.9. The second-order valence-corrected chi connectivity index (χ2v) is 8.14. The van der Waals surface area contributed by atoms with Gasteiger partial charge in [-0.05, 0) is 37.1 Å². The molecule has 2 aromatic carbocycles. The normalized spacial score (nSPS) is 13.2. The van der Waals surface area contributed by atoms with E-state index in [-0.39, 0.29) is 6.54 Å². The Bertz CT molecular complexity index is 959. The van der Waals surface area contributed by atoms with Gasteiger partial charge >= 0.3 is 6.18 Å². The van der Waals surface area contributed by atoms with E-state index in [2.05, 4.69) is 0 Å². The number of carbonyl (C=O) groups excluding carboxylic acids is 1. The Balaban J connectivity index is 2.18. The van der Waals surface area contributed by atoms with Crippen LogP contribution in [0.15, 0.2) is 53.4 Å².